The van der Waals surface area contributed by atoms with Crippen LogP contribution in [0.4, 0.5) is 0 Å². The lowest BCUT2D eigenvalue weighted by molar-refractivity contribution is 0.158. The molecule has 0 aliphatic heterocycles. The molecule has 1 rings (SSSR count). The second kappa shape index (κ2) is 16.1. The van der Waals surface area contributed by atoms with Crippen LogP contribution in [0.2, 0.25) is 0 Å². The number of aromatic amines is 1. The number of nitrogens with zero attached hydrogens (tertiary/aromatic N) is 3. The zero-order chi connectivity index (χ0) is 22.9. The Bertz CT molecular complexity index is 872. The van der Waals surface area contributed by atoms with Crippen LogP contribution in [0, 0.1) is 12.3 Å². The molecule has 30 heavy (non-hydrogen) atoms. The first-order valence-corrected chi connectivity index (χ1v) is 10.3. The molecule has 7 heteroatoms. The quantitative estimate of drug-likeness (QED) is 0.244. The van der Waals surface area contributed by atoms with Crippen molar-refractivity contribution in [3.05, 3.63) is 57.6 Å². The van der Waals surface area contributed by atoms with Crippen LogP contribution in [0.1, 0.15) is 60.2 Å². The Kier molecular flexibility index (Phi) is 14.6. The standard InChI is InChI=1S/C19H23ClN4O2.C4H10/c1-6-8-17(26-14(2)3)9-7-12-24-18(22-23-19(24)25)15(4)10-11-21-13-16(5)20;1-3-4-2/h1,7-11,13-14H,12H2,2-5H3,(H,23,25);3-4H2,1-2H3/b9-7-,15-10+,16-13+,17-8+,21-11+;. The highest BCUT2D eigenvalue weighted by atomic mass is 35.5. The van der Waals surface area contributed by atoms with Crippen LogP contribution in [-0.4, -0.2) is 27.1 Å². The molecule has 0 amide bonds. The number of aliphatic imine (C=N–C) groups is 1. The summed E-state index contributed by atoms with van der Waals surface area (Å²) < 4.78 is 7.08. The van der Waals surface area contributed by atoms with Gasteiger partial charge in [-0.2, -0.15) is 5.10 Å². The van der Waals surface area contributed by atoms with Crippen LogP contribution in [0.15, 0.2) is 51.1 Å². The molecule has 0 saturated heterocycles. The first-order valence-electron chi connectivity index (χ1n) is 9.94. The summed E-state index contributed by atoms with van der Waals surface area (Å²) >= 11 is 5.70. The molecule has 0 aromatic carbocycles. The fourth-order valence-corrected chi connectivity index (χ4v) is 1.97. The number of rotatable bonds is 9. The van der Waals surface area contributed by atoms with Gasteiger partial charge in [0.15, 0.2) is 5.82 Å². The van der Waals surface area contributed by atoms with Gasteiger partial charge in [0.05, 0.1) is 6.10 Å². The molecule has 1 heterocycles. The van der Waals surface area contributed by atoms with E-state index in [1.54, 1.807) is 31.4 Å². The maximum atomic E-state index is 12.0. The van der Waals surface area contributed by atoms with E-state index < -0.39 is 0 Å². The summed E-state index contributed by atoms with van der Waals surface area (Å²) in [6.07, 6.45) is 17.8. The van der Waals surface area contributed by atoms with Crippen molar-refractivity contribution >= 4 is 23.4 Å². The molecule has 0 unspecified atom stereocenters. The number of hydrogen-bond acceptors (Lipinski definition) is 4. The Morgan fingerprint density at radius 2 is 2.03 bits per heavy atom. The van der Waals surface area contributed by atoms with Crippen LogP contribution < -0.4 is 5.69 Å². The molecule has 0 fully saturated rings. The summed E-state index contributed by atoms with van der Waals surface area (Å²) in [6, 6.07) is 0. The summed E-state index contributed by atoms with van der Waals surface area (Å²) in [5.74, 6) is 3.51. The predicted octanol–water partition coefficient (Wildman–Crippen LogP) is 5.45. The van der Waals surface area contributed by atoms with E-state index in [2.05, 4.69) is 35.0 Å². The number of unbranched alkanes of at least 4 members (excludes halogenated alkanes) is 1. The molecule has 0 radical (unpaired) electrons. The third kappa shape index (κ3) is 11.9. The lowest BCUT2D eigenvalue weighted by atomic mass is 10.2. The number of ether oxygens (including phenoxy) is 1. The summed E-state index contributed by atoms with van der Waals surface area (Å²) in [4.78, 5) is 16.0. The van der Waals surface area contributed by atoms with Gasteiger partial charge in [-0.25, -0.2) is 9.89 Å². The number of hydrogen-bond donors (Lipinski definition) is 1. The SMILES string of the molecule is C#C/C=C(\C=C/Cn1c(/C(C)=C/C=N/C=C(\C)Cl)n[nH]c1=O)OC(C)C.CCCC. The van der Waals surface area contributed by atoms with Gasteiger partial charge in [0.2, 0.25) is 0 Å². The normalized spacial score (nSPS) is 13.0. The Morgan fingerprint density at radius 3 is 2.57 bits per heavy atom. The molecule has 0 saturated carbocycles. The smallest absolute Gasteiger partial charge is 0.343 e. The van der Waals surface area contributed by atoms with Crippen molar-refractivity contribution in [2.45, 2.75) is 67.0 Å². The second-order valence-corrected chi connectivity index (χ2v) is 7.21. The summed E-state index contributed by atoms with van der Waals surface area (Å²) in [5, 5.41) is 7.08. The molecular formula is C23H33ClN4O2. The molecule has 1 aromatic rings. The third-order valence-corrected chi connectivity index (χ3v) is 3.54. The third-order valence-electron chi connectivity index (χ3n) is 3.44. The van der Waals surface area contributed by atoms with Gasteiger partial charge < -0.3 is 4.74 Å². The van der Waals surface area contributed by atoms with Gasteiger partial charge in [-0.05, 0) is 45.4 Å². The van der Waals surface area contributed by atoms with Gasteiger partial charge in [0.25, 0.3) is 0 Å². The van der Waals surface area contributed by atoms with E-state index in [0.717, 1.165) is 5.57 Å². The Labute approximate surface area is 185 Å². The molecule has 1 N–H and O–H groups in total. The van der Waals surface area contributed by atoms with Crippen LogP contribution in [-0.2, 0) is 11.3 Å². The van der Waals surface area contributed by atoms with Crippen molar-refractivity contribution in [2.75, 3.05) is 0 Å². The van der Waals surface area contributed by atoms with Gasteiger partial charge in [0, 0.05) is 30.1 Å². The van der Waals surface area contributed by atoms with Crippen molar-refractivity contribution in [3.8, 4) is 12.3 Å². The molecule has 1 aromatic heterocycles. The van der Waals surface area contributed by atoms with Crippen LogP contribution in [0.25, 0.3) is 5.57 Å². The lowest BCUT2D eigenvalue weighted by Crippen LogP contribution is -2.17. The average molecular weight is 433 g/mol. The molecule has 0 atom stereocenters. The van der Waals surface area contributed by atoms with Gasteiger partial charge in [-0.1, -0.05) is 50.3 Å². The number of nitrogens with one attached hydrogen (secondary N) is 1. The monoisotopic (exact) mass is 432 g/mol. The number of allylic oxidation sites excluding steroid dienone is 6. The molecular weight excluding hydrogens is 400 g/mol. The van der Waals surface area contributed by atoms with E-state index in [1.165, 1.54) is 29.7 Å². The molecule has 164 valence electrons. The minimum atomic E-state index is -0.307. The highest BCUT2D eigenvalue weighted by Crippen LogP contribution is 2.09. The minimum Gasteiger partial charge on any atom is -0.490 e. The van der Waals surface area contributed by atoms with Gasteiger partial charge in [-0.3, -0.25) is 9.56 Å². The van der Waals surface area contributed by atoms with Crippen LogP contribution in [0.3, 0.4) is 0 Å². The highest BCUT2D eigenvalue weighted by molar-refractivity contribution is 6.29. The highest BCUT2D eigenvalue weighted by Gasteiger charge is 2.08. The minimum absolute atomic E-state index is 0.00148. The largest absolute Gasteiger partial charge is 0.490 e. The van der Waals surface area contributed by atoms with E-state index in [1.807, 2.05) is 20.8 Å². The van der Waals surface area contributed by atoms with Crippen molar-refractivity contribution in [1.82, 2.24) is 14.8 Å². The first kappa shape index (κ1) is 27.2. The zero-order valence-corrected chi connectivity index (χ0v) is 19.5. The van der Waals surface area contributed by atoms with Crippen molar-refractivity contribution < 1.29 is 4.74 Å². The molecule has 0 aliphatic carbocycles. The lowest BCUT2D eigenvalue weighted by Gasteiger charge is -2.09. The summed E-state index contributed by atoms with van der Waals surface area (Å²) in [7, 11) is 0. The van der Waals surface area contributed by atoms with E-state index in [9.17, 15) is 4.79 Å². The van der Waals surface area contributed by atoms with Crippen molar-refractivity contribution in [3.63, 3.8) is 0 Å². The van der Waals surface area contributed by atoms with E-state index in [0.29, 0.717) is 23.2 Å². The first-order chi connectivity index (χ1) is 14.3. The average Bonchev–Trinajstić information content (AvgIpc) is 3.05. The van der Waals surface area contributed by atoms with E-state index >= 15 is 0 Å². The van der Waals surface area contributed by atoms with Gasteiger partial charge >= 0.3 is 5.69 Å². The van der Waals surface area contributed by atoms with Gasteiger partial charge in [0.1, 0.15) is 5.76 Å². The molecule has 6 nitrogen and oxygen atoms in total. The maximum Gasteiger partial charge on any atom is 0.343 e. The molecule has 0 aliphatic rings. The fourth-order valence-electron chi connectivity index (χ4n) is 1.91. The van der Waals surface area contributed by atoms with E-state index in [-0.39, 0.29) is 11.8 Å². The van der Waals surface area contributed by atoms with Crippen LogP contribution >= 0.6 is 11.6 Å². The topological polar surface area (TPSA) is 72.3 Å². The van der Waals surface area contributed by atoms with Crippen LogP contribution in [0.5, 0.6) is 0 Å². The maximum absolute atomic E-state index is 12.0. The van der Waals surface area contributed by atoms with Gasteiger partial charge in [-0.15, -0.1) is 6.42 Å². The summed E-state index contributed by atoms with van der Waals surface area (Å²) in [6.45, 7) is 12.1. The predicted molar refractivity (Wildman–Crippen MR) is 127 cm³/mol. The Balaban J connectivity index is 0.00000192. The summed E-state index contributed by atoms with van der Waals surface area (Å²) in [5.41, 5.74) is 0.469. The number of halogens is 1. The van der Waals surface area contributed by atoms with E-state index in [4.69, 9.17) is 22.8 Å². The molecule has 0 spiro atoms. The van der Waals surface area contributed by atoms with Crippen molar-refractivity contribution in [2.24, 2.45) is 4.99 Å². The number of aromatic nitrogens is 3. The Morgan fingerprint density at radius 1 is 1.37 bits per heavy atom. The second-order valence-electron chi connectivity index (χ2n) is 6.61. The fraction of sp³-hybridized carbons (Fsp3) is 0.435. The molecule has 0 bridgehead atoms. The zero-order valence-electron chi connectivity index (χ0n) is 18.8. The number of H-pyrrole nitrogens is 1. The van der Waals surface area contributed by atoms with Crippen molar-refractivity contribution in [1.29, 1.82) is 0 Å². The Hall–Kier alpha value is -2.78. The number of terminal acetylenes is 1.